The number of nitrogens with one attached hydrogen (secondary N) is 1. The lowest BCUT2D eigenvalue weighted by Gasteiger charge is -2.22. The highest BCUT2D eigenvalue weighted by atomic mass is 79.9. The van der Waals surface area contributed by atoms with Crippen LogP contribution in [-0.2, 0) is 6.54 Å². The number of nitrogens with zero attached hydrogens (tertiary/aromatic N) is 3. The molecule has 0 saturated carbocycles. The summed E-state index contributed by atoms with van der Waals surface area (Å²) in [4.78, 5) is 20.0. The number of hydrogen-bond donors (Lipinski definition) is 3. The van der Waals surface area contributed by atoms with Crippen molar-refractivity contribution < 1.29 is 4.42 Å². The molecule has 0 bridgehead atoms. The third-order valence-electron chi connectivity index (χ3n) is 4.50. The minimum absolute atomic E-state index is 0.0327. The van der Waals surface area contributed by atoms with Gasteiger partial charge in [-0.15, -0.1) is 12.8 Å². The molecule has 0 spiro atoms. The van der Waals surface area contributed by atoms with E-state index >= 15 is 0 Å². The maximum atomic E-state index is 13.2. The molecule has 1 unspecified atom stereocenters. The quantitative estimate of drug-likeness (QED) is 0.392. The van der Waals surface area contributed by atoms with Gasteiger partial charge in [-0.25, -0.2) is 0 Å². The van der Waals surface area contributed by atoms with E-state index in [0.29, 0.717) is 28.1 Å². The predicted octanol–water partition coefficient (Wildman–Crippen LogP) is 4.22. The second kappa shape index (κ2) is 14.4. The van der Waals surface area contributed by atoms with Gasteiger partial charge in [-0.3, -0.25) is 14.5 Å². The van der Waals surface area contributed by atoms with E-state index in [1.807, 2.05) is 58.3 Å². The molecule has 2 aromatic heterocycles. The molecule has 9 heteroatoms. The summed E-state index contributed by atoms with van der Waals surface area (Å²) in [5.41, 5.74) is 1.35. The van der Waals surface area contributed by atoms with E-state index in [4.69, 9.17) is 9.40 Å². The first-order chi connectivity index (χ1) is 15.0. The molecule has 0 aliphatic carbocycles. The number of furan rings is 1. The van der Waals surface area contributed by atoms with Gasteiger partial charge in [-0.2, -0.15) is 4.98 Å². The van der Waals surface area contributed by atoms with Crippen LogP contribution in [0.5, 0.6) is 0 Å². The topological polar surface area (TPSA) is 89.3 Å². The molecular weight excluding hydrogens is 478 g/mol. The fourth-order valence-electron chi connectivity index (χ4n) is 3.07. The van der Waals surface area contributed by atoms with Crippen LogP contribution in [-0.4, -0.2) is 41.6 Å². The van der Waals surface area contributed by atoms with Crippen molar-refractivity contribution in [2.75, 3.05) is 27.2 Å². The van der Waals surface area contributed by atoms with Crippen LogP contribution in [0.4, 0.5) is 0 Å². The van der Waals surface area contributed by atoms with Crippen LogP contribution in [0.2, 0.25) is 0 Å². The van der Waals surface area contributed by atoms with E-state index in [9.17, 15) is 4.79 Å². The molecule has 0 aliphatic rings. The molecule has 3 rings (SSSR count). The Morgan fingerprint density at radius 3 is 2.48 bits per heavy atom. The molecule has 172 valence electrons. The van der Waals surface area contributed by atoms with Crippen LogP contribution in [0.1, 0.15) is 44.6 Å². The fraction of sp³-hybridized carbons (Fsp3) is 0.455. The van der Waals surface area contributed by atoms with Gasteiger partial charge >= 0.3 is 0 Å². The van der Waals surface area contributed by atoms with Crippen LogP contribution in [0.3, 0.4) is 0 Å². The number of aromatic nitrogens is 2. The maximum Gasteiger partial charge on any atom is 0.265 e. The summed E-state index contributed by atoms with van der Waals surface area (Å²) in [5.74, 6) is 0.708. The standard InChI is InChI=1S/C20H25BrN4O2.C2H6.H3NS/c1-4-16(22-10-11-24(2)3)18-23-19-15(12-17(21)27-19)20(26)25(18)13-14-8-6-5-7-9-14;2*1-2/h5-9,12,16,22H,4,10-11,13H2,1-3H3;1-2H3;2H,1H2. The molecule has 0 fully saturated rings. The minimum Gasteiger partial charge on any atom is -0.431 e. The Bertz CT molecular complexity index is 960. The predicted molar refractivity (Wildman–Crippen MR) is 136 cm³/mol. The Balaban J connectivity index is 0.00000113. The summed E-state index contributed by atoms with van der Waals surface area (Å²) in [6.45, 7) is 8.29. The number of hydrogen-bond acceptors (Lipinski definition) is 7. The van der Waals surface area contributed by atoms with Crippen molar-refractivity contribution in [3.8, 4) is 0 Å². The third kappa shape index (κ3) is 7.76. The van der Waals surface area contributed by atoms with E-state index in [1.54, 1.807) is 10.6 Å². The molecular formula is C22H34BrN5O2S. The number of rotatable bonds is 8. The van der Waals surface area contributed by atoms with Crippen LogP contribution < -0.4 is 16.0 Å². The fourth-order valence-corrected chi connectivity index (χ4v) is 3.45. The van der Waals surface area contributed by atoms with Gasteiger partial charge in [-0.1, -0.05) is 51.1 Å². The van der Waals surface area contributed by atoms with Gasteiger partial charge in [0.25, 0.3) is 5.56 Å². The summed E-state index contributed by atoms with van der Waals surface area (Å²) >= 11 is 6.34. The number of benzene rings is 1. The van der Waals surface area contributed by atoms with Gasteiger partial charge in [0.1, 0.15) is 11.2 Å². The van der Waals surface area contributed by atoms with Crippen molar-refractivity contribution >= 4 is 39.8 Å². The third-order valence-corrected chi connectivity index (χ3v) is 4.89. The maximum absolute atomic E-state index is 13.2. The highest BCUT2D eigenvalue weighted by Crippen LogP contribution is 2.23. The normalized spacial score (nSPS) is 11.5. The van der Waals surface area contributed by atoms with Crippen molar-refractivity contribution in [2.45, 2.75) is 39.8 Å². The van der Waals surface area contributed by atoms with Gasteiger partial charge < -0.3 is 14.6 Å². The Labute approximate surface area is 198 Å². The minimum atomic E-state index is -0.0823. The Kier molecular flexibility index (Phi) is 12.7. The number of nitrogens with two attached hydrogens (primary N) is 1. The van der Waals surface area contributed by atoms with Gasteiger partial charge in [0, 0.05) is 19.2 Å². The van der Waals surface area contributed by atoms with Gasteiger partial charge in [0.2, 0.25) is 5.71 Å². The Morgan fingerprint density at radius 1 is 1.26 bits per heavy atom. The second-order valence-electron chi connectivity index (χ2n) is 6.83. The van der Waals surface area contributed by atoms with Crippen LogP contribution >= 0.6 is 28.7 Å². The molecule has 1 atom stereocenters. The molecule has 0 saturated heterocycles. The van der Waals surface area contributed by atoms with E-state index < -0.39 is 0 Å². The van der Waals surface area contributed by atoms with Crippen LogP contribution in [0, 0.1) is 0 Å². The average Bonchev–Trinajstić information content (AvgIpc) is 3.17. The summed E-state index contributed by atoms with van der Waals surface area (Å²) in [5, 5.41) is 8.21. The summed E-state index contributed by atoms with van der Waals surface area (Å²) in [6.07, 6.45) is 0.821. The summed E-state index contributed by atoms with van der Waals surface area (Å²) < 4.78 is 7.86. The van der Waals surface area contributed by atoms with Gasteiger partial charge in [0.15, 0.2) is 4.67 Å². The first-order valence-electron chi connectivity index (χ1n) is 10.4. The van der Waals surface area contributed by atoms with E-state index in [0.717, 1.165) is 25.1 Å². The lowest BCUT2D eigenvalue weighted by molar-refractivity contribution is 0.373. The first kappa shape index (κ1) is 27.4. The molecule has 7 nitrogen and oxygen atoms in total. The zero-order chi connectivity index (χ0) is 23.4. The van der Waals surface area contributed by atoms with Crippen LogP contribution in [0.15, 0.2) is 50.3 Å². The monoisotopic (exact) mass is 511 g/mol. The van der Waals surface area contributed by atoms with Crippen molar-refractivity contribution in [1.29, 1.82) is 0 Å². The van der Waals surface area contributed by atoms with Crippen molar-refractivity contribution in [3.05, 3.63) is 62.8 Å². The zero-order valence-corrected chi connectivity index (χ0v) is 21.4. The number of halogens is 1. The van der Waals surface area contributed by atoms with Crippen molar-refractivity contribution in [3.63, 3.8) is 0 Å². The SMILES string of the molecule is CC.CCC(NCCN(C)C)c1nc2oc(Br)cc2c(=O)n1Cc1ccccc1.NS. The molecule has 31 heavy (non-hydrogen) atoms. The molecule has 2 heterocycles. The molecule has 0 amide bonds. The Morgan fingerprint density at radius 2 is 1.90 bits per heavy atom. The number of likely N-dealkylation sites (N-methyl/N-ethyl adjacent to an activating group) is 1. The second-order valence-corrected chi connectivity index (χ2v) is 7.62. The van der Waals surface area contributed by atoms with Crippen LogP contribution in [0.25, 0.3) is 11.1 Å². The molecule has 3 aromatic rings. The highest BCUT2D eigenvalue weighted by molar-refractivity contribution is 9.10. The molecule has 0 aliphatic heterocycles. The summed E-state index contributed by atoms with van der Waals surface area (Å²) in [6, 6.07) is 11.6. The van der Waals surface area contributed by atoms with Gasteiger partial charge in [-0.05, 0) is 42.0 Å². The summed E-state index contributed by atoms with van der Waals surface area (Å²) in [7, 11) is 4.08. The number of thiol groups is 1. The number of fused-ring (bicyclic) bond motifs is 1. The Hall–Kier alpha value is -1.65. The first-order valence-corrected chi connectivity index (χ1v) is 11.7. The highest BCUT2D eigenvalue weighted by Gasteiger charge is 2.21. The smallest absolute Gasteiger partial charge is 0.265 e. The lowest BCUT2D eigenvalue weighted by Crippen LogP contribution is -2.35. The van der Waals surface area contributed by atoms with E-state index in [2.05, 4.69) is 51.0 Å². The molecule has 3 N–H and O–H groups in total. The average molecular weight is 513 g/mol. The largest absolute Gasteiger partial charge is 0.431 e. The van der Waals surface area contributed by atoms with E-state index in [1.165, 1.54) is 0 Å². The van der Waals surface area contributed by atoms with Crippen molar-refractivity contribution in [2.24, 2.45) is 5.14 Å². The zero-order valence-electron chi connectivity index (χ0n) is 18.9. The lowest BCUT2D eigenvalue weighted by atomic mass is 10.1. The van der Waals surface area contributed by atoms with E-state index in [-0.39, 0.29) is 11.6 Å². The molecule has 0 radical (unpaired) electrons. The van der Waals surface area contributed by atoms with Crippen molar-refractivity contribution in [1.82, 2.24) is 19.8 Å². The molecule has 1 aromatic carbocycles. The van der Waals surface area contributed by atoms with Gasteiger partial charge in [0.05, 0.1) is 12.6 Å².